The molecule has 2 fully saturated rings. The summed E-state index contributed by atoms with van der Waals surface area (Å²) in [6.45, 7) is 3.99. The fourth-order valence-corrected chi connectivity index (χ4v) is 3.85. The van der Waals surface area contributed by atoms with E-state index in [0.717, 1.165) is 51.2 Å². The Kier molecular flexibility index (Phi) is 4.87. The summed E-state index contributed by atoms with van der Waals surface area (Å²) in [4.78, 5) is 16.8. The maximum Gasteiger partial charge on any atom is 0.229 e. The molecule has 1 unspecified atom stereocenters. The van der Waals surface area contributed by atoms with E-state index in [-0.39, 0.29) is 12.0 Å². The van der Waals surface area contributed by atoms with Crippen molar-refractivity contribution >= 4 is 5.91 Å². The highest BCUT2D eigenvalue weighted by Gasteiger charge is 2.47. The highest BCUT2D eigenvalue weighted by Crippen LogP contribution is 2.40. The first-order valence-corrected chi connectivity index (χ1v) is 8.43. The molecular formula is C18H26N2O3. The number of carbonyl (C=O) groups is 1. The summed E-state index contributed by atoms with van der Waals surface area (Å²) in [5, 5.41) is 8.77. The molecule has 0 aromatic heterocycles. The lowest BCUT2D eigenvalue weighted by Crippen LogP contribution is -2.48. The van der Waals surface area contributed by atoms with Crippen LogP contribution >= 0.6 is 0 Å². The van der Waals surface area contributed by atoms with Gasteiger partial charge in [-0.2, -0.15) is 0 Å². The Morgan fingerprint density at radius 2 is 2.00 bits per heavy atom. The molecule has 2 heterocycles. The number of nitrogens with zero attached hydrogens (tertiary/aromatic N) is 2. The minimum Gasteiger partial charge on any atom is -0.491 e. The largest absolute Gasteiger partial charge is 0.491 e. The lowest BCUT2D eigenvalue weighted by atomic mass is 9.78. The standard InChI is InChI=1S/C18H26N2O3/c1-19-9-2-7-18(17(19)22)8-10-20(14-18)13-15-3-5-16(6-4-15)23-12-11-21/h3-6,21H,2,7-14H2,1H3. The number of hydrogen-bond donors (Lipinski definition) is 1. The van der Waals surface area contributed by atoms with Gasteiger partial charge in [0, 0.05) is 26.7 Å². The summed E-state index contributed by atoms with van der Waals surface area (Å²) in [7, 11) is 1.93. The van der Waals surface area contributed by atoms with Gasteiger partial charge in [0.25, 0.3) is 0 Å². The zero-order chi connectivity index (χ0) is 16.3. The van der Waals surface area contributed by atoms with Crippen LogP contribution in [0, 0.1) is 5.41 Å². The molecule has 1 amide bonds. The van der Waals surface area contributed by atoms with E-state index in [1.165, 1.54) is 5.56 Å². The van der Waals surface area contributed by atoms with Gasteiger partial charge in [-0.05, 0) is 43.5 Å². The first kappa shape index (κ1) is 16.3. The highest BCUT2D eigenvalue weighted by molar-refractivity contribution is 5.83. The van der Waals surface area contributed by atoms with Crippen molar-refractivity contribution in [3.63, 3.8) is 0 Å². The Labute approximate surface area is 137 Å². The number of rotatable bonds is 5. The monoisotopic (exact) mass is 318 g/mol. The maximum absolute atomic E-state index is 12.6. The van der Waals surface area contributed by atoms with E-state index in [9.17, 15) is 4.79 Å². The fourth-order valence-electron chi connectivity index (χ4n) is 3.85. The van der Waals surface area contributed by atoms with E-state index >= 15 is 0 Å². The van der Waals surface area contributed by atoms with Crippen LogP contribution < -0.4 is 4.74 Å². The van der Waals surface area contributed by atoms with E-state index in [1.54, 1.807) is 0 Å². The number of hydrogen-bond acceptors (Lipinski definition) is 4. The second-order valence-corrected chi connectivity index (χ2v) is 6.79. The molecule has 23 heavy (non-hydrogen) atoms. The number of aliphatic hydroxyl groups is 1. The second-order valence-electron chi connectivity index (χ2n) is 6.79. The van der Waals surface area contributed by atoms with Crippen molar-refractivity contribution in [1.29, 1.82) is 0 Å². The Hall–Kier alpha value is -1.59. The van der Waals surface area contributed by atoms with Crippen molar-refractivity contribution < 1.29 is 14.6 Å². The summed E-state index contributed by atoms with van der Waals surface area (Å²) in [5.41, 5.74) is 1.09. The SMILES string of the molecule is CN1CCCC2(CCN(Cc3ccc(OCCO)cc3)C2)C1=O. The summed E-state index contributed by atoms with van der Waals surface area (Å²) in [6.07, 6.45) is 3.13. The fraction of sp³-hybridized carbons (Fsp3) is 0.611. The van der Waals surface area contributed by atoms with Gasteiger partial charge in [-0.1, -0.05) is 12.1 Å². The average Bonchev–Trinajstić information content (AvgIpc) is 2.96. The van der Waals surface area contributed by atoms with Gasteiger partial charge in [0.05, 0.1) is 12.0 Å². The molecule has 1 aromatic carbocycles. The number of amides is 1. The van der Waals surface area contributed by atoms with Crippen LogP contribution in [-0.2, 0) is 11.3 Å². The molecule has 3 rings (SSSR count). The Morgan fingerprint density at radius 1 is 1.22 bits per heavy atom. The molecule has 5 nitrogen and oxygen atoms in total. The minimum absolute atomic E-state index is 0.0279. The third-order valence-corrected chi connectivity index (χ3v) is 5.07. The lowest BCUT2D eigenvalue weighted by molar-refractivity contribution is -0.143. The molecule has 1 N–H and O–H groups in total. The van der Waals surface area contributed by atoms with Crippen LogP contribution in [0.15, 0.2) is 24.3 Å². The second kappa shape index (κ2) is 6.89. The van der Waals surface area contributed by atoms with Crippen LogP contribution in [0.4, 0.5) is 0 Å². The van der Waals surface area contributed by atoms with Crippen molar-refractivity contribution in [3.05, 3.63) is 29.8 Å². The van der Waals surface area contributed by atoms with Crippen molar-refractivity contribution in [2.24, 2.45) is 5.41 Å². The van der Waals surface area contributed by atoms with Crippen molar-refractivity contribution in [2.75, 3.05) is 39.9 Å². The highest BCUT2D eigenvalue weighted by atomic mass is 16.5. The van der Waals surface area contributed by atoms with Gasteiger partial charge >= 0.3 is 0 Å². The number of benzene rings is 1. The zero-order valence-corrected chi connectivity index (χ0v) is 13.8. The summed E-state index contributed by atoms with van der Waals surface area (Å²) in [5.74, 6) is 1.11. The van der Waals surface area contributed by atoms with E-state index in [1.807, 2.05) is 24.1 Å². The molecule has 0 saturated carbocycles. The number of ether oxygens (including phenoxy) is 1. The van der Waals surface area contributed by atoms with E-state index < -0.39 is 0 Å². The van der Waals surface area contributed by atoms with Gasteiger partial charge < -0.3 is 14.7 Å². The molecule has 0 bridgehead atoms. The Balaban J connectivity index is 1.58. The van der Waals surface area contributed by atoms with E-state index in [4.69, 9.17) is 9.84 Å². The Bertz CT molecular complexity index is 546. The van der Waals surface area contributed by atoms with Gasteiger partial charge in [-0.15, -0.1) is 0 Å². The molecule has 0 aliphatic carbocycles. The normalized spacial score (nSPS) is 25.3. The van der Waals surface area contributed by atoms with Gasteiger partial charge in [-0.25, -0.2) is 0 Å². The quantitative estimate of drug-likeness (QED) is 0.894. The molecule has 1 spiro atoms. The van der Waals surface area contributed by atoms with E-state index in [2.05, 4.69) is 17.0 Å². The minimum atomic E-state index is -0.142. The van der Waals surface area contributed by atoms with E-state index in [0.29, 0.717) is 12.5 Å². The molecule has 5 heteroatoms. The number of piperidine rings is 1. The van der Waals surface area contributed by atoms with Crippen molar-refractivity contribution in [1.82, 2.24) is 9.80 Å². The number of aliphatic hydroxyl groups excluding tert-OH is 1. The summed E-state index contributed by atoms with van der Waals surface area (Å²) >= 11 is 0. The van der Waals surface area contributed by atoms with Gasteiger partial charge in [0.15, 0.2) is 0 Å². The van der Waals surface area contributed by atoms with Gasteiger partial charge in [0.1, 0.15) is 12.4 Å². The number of carbonyl (C=O) groups excluding carboxylic acids is 1. The molecule has 2 saturated heterocycles. The van der Waals surface area contributed by atoms with Gasteiger partial charge in [-0.3, -0.25) is 9.69 Å². The van der Waals surface area contributed by atoms with Crippen LogP contribution in [0.2, 0.25) is 0 Å². The molecule has 1 aromatic rings. The van der Waals surface area contributed by atoms with Crippen molar-refractivity contribution in [3.8, 4) is 5.75 Å². The van der Waals surface area contributed by atoms with Crippen LogP contribution in [-0.4, -0.2) is 60.7 Å². The predicted molar refractivity (Wildman–Crippen MR) is 88.2 cm³/mol. The molecule has 2 aliphatic rings. The van der Waals surface area contributed by atoms with Crippen LogP contribution in [0.3, 0.4) is 0 Å². The maximum atomic E-state index is 12.6. The van der Waals surface area contributed by atoms with Crippen molar-refractivity contribution in [2.45, 2.75) is 25.8 Å². The third kappa shape index (κ3) is 3.51. The lowest BCUT2D eigenvalue weighted by Gasteiger charge is -2.37. The molecule has 0 radical (unpaired) electrons. The molecule has 1 atom stereocenters. The topological polar surface area (TPSA) is 53.0 Å². The summed E-state index contributed by atoms with van der Waals surface area (Å²) < 4.78 is 5.38. The first-order chi connectivity index (χ1) is 11.1. The first-order valence-electron chi connectivity index (χ1n) is 8.43. The summed E-state index contributed by atoms with van der Waals surface area (Å²) in [6, 6.07) is 8.01. The molecule has 2 aliphatic heterocycles. The van der Waals surface area contributed by atoms with Crippen LogP contribution in [0.5, 0.6) is 5.75 Å². The smallest absolute Gasteiger partial charge is 0.229 e. The molecule has 126 valence electrons. The number of likely N-dealkylation sites (tertiary alicyclic amines) is 2. The Morgan fingerprint density at radius 3 is 2.74 bits per heavy atom. The zero-order valence-electron chi connectivity index (χ0n) is 13.8. The van der Waals surface area contributed by atoms with Crippen LogP contribution in [0.1, 0.15) is 24.8 Å². The average molecular weight is 318 g/mol. The van der Waals surface area contributed by atoms with Crippen LogP contribution in [0.25, 0.3) is 0 Å². The van der Waals surface area contributed by atoms with Gasteiger partial charge in [0.2, 0.25) is 5.91 Å². The third-order valence-electron chi connectivity index (χ3n) is 5.07. The molecular weight excluding hydrogens is 292 g/mol. The predicted octanol–water partition coefficient (Wildman–Crippen LogP) is 1.50.